The lowest BCUT2D eigenvalue weighted by molar-refractivity contribution is 0.0390. The number of pyridine rings is 1. The second-order valence-corrected chi connectivity index (χ2v) is 24.1. The number of nitrogens with one attached hydrogen (secondary N) is 4. The lowest BCUT2D eigenvalue weighted by Gasteiger charge is -2.26. The molecule has 0 spiro atoms. The zero-order chi connectivity index (χ0) is 50.2. The van der Waals surface area contributed by atoms with Gasteiger partial charge in [0.1, 0.15) is 56.0 Å². The maximum Gasteiger partial charge on any atom is 0.240 e. The van der Waals surface area contributed by atoms with Crippen LogP contribution in [0.25, 0.3) is 20.4 Å². The van der Waals surface area contributed by atoms with Crippen molar-refractivity contribution in [3.05, 3.63) is 115 Å². The van der Waals surface area contributed by atoms with Gasteiger partial charge in [-0.3, -0.25) is 14.6 Å². The van der Waals surface area contributed by atoms with Gasteiger partial charge in [-0.05, 0) is 110 Å². The molecule has 1 fully saturated rings. The first-order chi connectivity index (χ1) is 34.8. The number of ether oxygens (including phenoxy) is 3. The van der Waals surface area contributed by atoms with Gasteiger partial charge in [0.2, 0.25) is 20.0 Å². The Morgan fingerprint density at radius 3 is 1.67 bits per heavy atom. The van der Waals surface area contributed by atoms with Gasteiger partial charge in [-0.1, -0.05) is 35.3 Å². The van der Waals surface area contributed by atoms with Crippen molar-refractivity contribution in [3.63, 3.8) is 0 Å². The van der Waals surface area contributed by atoms with Crippen molar-refractivity contribution < 1.29 is 31.0 Å². The minimum atomic E-state index is -3.71. The molecule has 17 nitrogen and oxygen atoms in total. The number of hydrogen-bond donors (Lipinski definition) is 4. The maximum absolute atomic E-state index is 12.9. The normalized spacial score (nSPS) is 15.1. The number of sulfonamides is 2. The van der Waals surface area contributed by atoms with E-state index in [9.17, 15) is 16.8 Å². The molecule has 0 bridgehead atoms. The highest BCUT2D eigenvalue weighted by Crippen LogP contribution is 2.41. The first kappa shape index (κ1) is 51.9. The van der Waals surface area contributed by atoms with Crippen LogP contribution in [-0.2, 0) is 75.1 Å². The number of halogens is 2. The van der Waals surface area contributed by atoms with Crippen molar-refractivity contribution in [2.24, 2.45) is 0 Å². The van der Waals surface area contributed by atoms with Crippen LogP contribution in [0.15, 0.2) is 60.9 Å². The number of fused-ring (bicyclic) bond motifs is 6. The highest BCUT2D eigenvalue weighted by atomic mass is 35.5. The number of rotatable bonds is 18. The largest absolute Gasteiger partial charge is 0.495 e. The van der Waals surface area contributed by atoms with Crippen LogP contribution < -0.4 is 29.6 Å². The Hall–Kier alpha value is -4.97. The second-order valence-electron chi connectivity index (χ2n) is 17.6. The fourth-order valence-electron chi connectivity index (χ4n) is 9.01. The van der Waals surface area contributed by atoms with E-state index in [1.165, 1.54) is 33.3 Å². The number of benzene rings is 2. The highest BCUT2D eigenvalue weighted by Gasteiger charge is 2.25. The Labute approximate surface area is 437 Å². The smallest absolute Gasteiger partial charge is 0.240 e. The summed E-state index contributed by atoms with van der Waals surface area (Å²) < 4.78 is 72.6. The van der Waals surface area contributed by atoms with Crippen LogP contribution in [0.1, 0.15) is 69.3 Å². The molecule has 2 aliphatic carbocycles. The minimum absolute atomic E-state index is 0.243. The van der Waals surface area contributed by atoms with Crippen LogP contribution in [0, 0.1) is 0 Å². The standard InChI is InChI=1S/C25H32ClN5O4S2.C24H24ClN5O3S2/c1-34-20-7-6-17(14-19(20)26)15-27-24-23-18-4-2-3-5-21(18)36-25(23)30-22(29-24)16-37(32,33)28-8-9-31-10-12-35-13-11-31;1-33-19-7-6-15(12-18(19)25)13-27-23-22-17-4-2-3-5-20(17)34-24(22)29-21(28-23)14-35(31,32)30-16-8-10-26-11-9-16/h6-7,14,28H,2-5,8-13,15-16H2,1H3,(H,27,29,30);6-12H,2-5,13-14H2,1H3,(H,26,30)(H,27,28,29). The molecule has 5 aromatic heterocycles. The fourth-order valence-corrected chi connectivity index (χ4v) is 14.1. The summed E-state index contributed by atoms with van der Waals surface area (Å²) in [4.78, 5) is 29.2. The average molecular weight is 1100 g/mol. The van der Waals surface area contributed by atoms with Gasteiger partial charge in [0.15, 0.2) is 0 Å². The molecule has 0 saturated carbocycles. The molecule has 2 aromatic carbocycles. The van der Waals surface area contributed by atoms with E-state index in [1.807, 2.05) is 36.4 Å². The Morgan fingerprint density at radius 2 is 1.17 bits per heavy atom. The molecule has 23 heteroatoms. The Balaban J connectivity index is 0.000000178. The molecule has 1 aliphatic heterocycles. The lowest BCUT2D eigenvalue weighted by Crippen LogP contribution is -2.41. The van der Waals surface area contributed by atoms with Crippen LogP contribution in [0.3, 0.4) is 0 Å². The van der Waals surface area contributed by atoms with Crippen molar-refractivity contribution in [3.8, 4) is 11.5 Å². The molecule has 72 heavy (non-hydrogen) atoms. The number of morpholine rings is 1. The van der Waals surface area contributed by atoms with Crippen molar-refractivity contribution in [2.45, 2.75) is 76.0 Å². The van der Waals surface area contributed by atoms with E-state index in [1.54, 1.807) is 49.0 Å². The molecule has 7 aromatic rings. The number of hydrogen-bond acceptors (Lipinski definition) is 17. The molecule has 0 radical (unpaired) electrons. The number of aromatic nitrogens is 5. The van der Waals surface area contributed by atoms with Gasteiger partial charge in [0.05, 0.1) is 53.9 Å². The van der Waals surface area contributed by atoms with Crippen LogP contribution in [0.2, 0.25) is 10.0 Å². The molecular weight excluding hydrogens is 1040 g/mol. The van der Waals surface area contributed by atoms with Crippen LogP contribution >= 0.6 is 45.9 Å². The summed E-state index contributed by atoms with van der Waals surface area (Å²) in [6.07, 6.45) is 11.6. The van der Waals surface area contributed by atoms with Gasteiger partial charge < -0.3 is 24.8 Å². The molecule has 3 aliphatic rings. The van der Waals surface area contributed by atoms with E-state index in [-0.39, 0.29) is 17.3 Å². The number of aryl methyl sites for hydroxylation is 4. The number of nitrogens with zero attached hydrogens (tertiary/aromatic N) is 6. The third-order valence-corrected chi connectivity index (χ3v) is 17.9. The zero-order valence-corrected chi connectivity index (χ0v) is 44.7. The highest BCUT2D eigenvalue weighted by molar-refractivity contribution is 7.91. The van der Waals surface area contributed by atoms with Gasteiger partial charge in [-0.25, -0.2) is 41.5 Å². The average Bonchev–Trinajstić information content (AvgIpc) is 3.94. The van der Waals surface area contributed by atoms with Crippen LogP contribution in [-0.4, -0.2) is 100 Å². The first-order valence-corrected chi connectivity index (χ1v) is 29.5. The predicted octanol–water partition coefficient (Wildman–Crippen LogP) is 8.78. The predicted molar refractivity (Wildman–Crippen MR) is 287 cm³/mol. The number of methoxy groups -OCH3 is 2. The van der Waals surface area contributed by atoms with E-state index in [4.69, 9.17) is 47.4 Å². The Bertz CT molecular complexity index is 3270. The minimum Gasteiger partial charge on any atom is -0.495 e. The Kier molecular flexibility index (Phi) is 16.9. The van der Waals surface area contributed by atoms with E-state index < -0.39 is 20.0 Å². The van der Waals surface area contributed by atoms with Gasteiger partial charge in [0, 0.05) is 61.4 Å². The molecule has 4 N–H and O–H groups in total. The molecule has 0 amide bonds. The molecule has 10 rings (SSSR count). The van der Waals surface area contributed by atoms with E-state index in [0.717, 1.165) is 96.0 Å². The van der Waals surface area contributed by atoms with Crippen molar-refractivity contribution >= 4 is 104 Å². The monoisotopic (exact) mass is 1090 g/mol. The van der Waals surface area contributed by atoms with Crippen molar-refractivity contribution in [1.82, 2.24) is 34.5 Å². The summed E-state index contributed by atoms with van der Waals surface area (Å²) in [5.74, 6) is 2.49. The quantitative estimate of drug-likeness (QED) is 0.0633. The van der Waals surface area contributed by atoms with Gasteiger partial charge in [-0.2, -0.15) is 0 Å². The Morgan fingerprint density at radius 1 is 0.667 bits per heavy atom. The summed E-state index contributed by atoms with van der Waals surface area (Å²) >= 11 is 15.9. The van der Waals surface area contributed by atoms with Crippen molar-refractivity contribution in [2.75, 3.05) is 69.0 Å². The lowest BCUT2D eigenvalue weighted by atomic mass is 9.97. The number of thiophene rings is 2. The first-order valence-electron chi connectivity index (χ1n) is 23.8. The van der Waals surface area contributed by atoms with E-state index in [0.29, 0.717) is 84.1 Å². The molecule has 382 valence electrons. The summed E-state index contributed by atoms with van der Waals surface area (Å²) in [6.45, 7) is 4.97. The summed E-state index contributed by atoms with van der Waals surface area (Å²) in [7, 11) is -4.14. The van der Waals surface area contributed by atoms with Gasteiger partial charge >= 0.3 is 0 Å². The van der Waals surface area contributed by atoms with Gasteiger partial charge in [0.25, 0.3) is 0 Å². The third kappa shape index (κ3) is 13.0. The summed E-state index contributed by atoms with van der Waals surface area (Å²) in [6, 6.07) is 14.4. The molecule has 1 saturated heterocycles. The zero-order valence-electron chi connectivity index (χ0n) is 39.9. The van der Waals surface area contributed by atoms with E-state index >= 15 is 0 Å². The third-order valence-electron chi connectivity index (χ3n) is 12.5. The summed E-state index contributed by atoms with van der Waals surface area (Å²) in [5, 5.41) is 9.93. The SMILES string of the molecule is COc1ccc(CNc2nc(CS(=O)(=O)NCCN3CCOCC3)nc3sc4c(c23)CCCC4)cc1Cl.COc1ccc(CNc2nc(CS(=O)(=O)Nc3ccncc3)nc3sc4c(c23)CCCC4)cc1Cl. The summed E-state index contributed by atoms with van der Waals surface area (Å²) in [5.41, 5.74) is 4.94. The molecular formula is C49H56Cl2N10O7S4. The van der Waals surface area contributed by atoms with Crippen molar-refractivity contribution in [1.29, 1.82) is 0 Å². The fraction of sp³-hybridized carbons (Fsp3) is 0.408. The van der Waals surface area contributed by atoms with Gasteiger partial charge in [-0.15, -0.1) is 22.7 Å². The van der Waals surface area contributed by atoms with Crippen LogP contribution in [0.4, 0.5) is 17.3 Å². The number of anilines is 3. The second kappa shape index (κ2) is 23.5. The molecule has 0 atom stereocenters. The van der Waals surface area contributed by atoms with E-state index in [2.05, 4.69) is 39.9 Å². The topological polar surface area (TPSA) is 212 Å². The maximum atomic E-state index is 12.9. The van der Waals surface area contributed by atoms with Crippen LogP contribution in [0.5, 0.6) is 11.5 Å². The molecule has 0 unspecified atom stereocenters. The molecule has 6 heterocycles.